The summed E-state index contributed by atoms with van der Waals surface area (Å²) in [6.45, 7) is 4.60. The van der Waals surface area contributed by atoms with E-state index >= 15 is 0 Å². The van der Waals surface area contributed by atoms with Gasteiger partial charge in [0.25, 0.3) is 11.5 Å². The Morgan fingerprint density at radius 1 is 1.40 bits per heavy atom. The lowest BCUT2D eigenvalue weighted by molar-refractivity contribution is -0.153. The molecule has 0 atom stereocenters. The monoisotopic (exact) mass is 349 g/mol. The zero-order valence-electron chi connectivity index (χ0n) is 14.3. The van der Waals surface area contributed by atoms with Crippen LogP contribution in [-0.4, -0.2) is 43.7 Å². The van der Waals surface area contributed by atoms with E-state index in [-0.39, 0.29) is 17.0 Å². The Hall–Kier alpha value is -3.17. The van der Waals surface area contributed by atoms with Crippen LogP contribution in [0.1, 0.15) is 31.1 Å². The third-order valence-electron chi connectivity index (χ3n) is 3.16. The molecule has 25 heavy (non-hydrogen) atoms. The van der Waals surface area contributed by atoms with Gasteiger partial charge in [-0.1, -0.05) is 0 Å². The van der Waals surface area contributed by atoms with Gasteiger partial charge in [-0.2, -0.15) is 4.98 Å². The number of aromatic hydroxyl groups is 1. The van der Waals surface area contributed by atoms with Gasteiger partial charge in [0.15, 0.2) is 5.65 Å². The molecule has 0 bridgehead atoms. The van der Waals surface area contributed by atoms with Crippen LogP contribution in [0.3, 0.4) is 0 Å². The van der Waals surface area contributed by atoms with Crippen LogP contribution in [0.25, 0.3) is 11.0 Å². The maximum absolute atomic E-state index is 12.4. The highest BCUT2D eigenvalue weighted by Gasteiger charge is 2.23. The molecule has 4 N–H and O–H groups in total. The van der Waals surface area contributed by atoms with Gasteiger partial charge in [0, 0.05) is 13.2 Å². The molecule has 2 heterocycles. The summed E-state index contributed by atoms with van der Waals surface area (Å²) in [4.78, 5) is 43.9. The minimum absolute atomic E-state index is 0.0796. The molecule has 1 amide bonds. The van der Waals surface area contributed by atoms with Gasteiger partial charge in [-0.05, 0) is 20.8 Å². The van der Waals surface area contributed by atoms with E-state index in [1.54, 1.807) is 20.8 Å². The second-order valence-electron chi connectivity index (χ2n) is 6.32. The number of nitrogens with zero attached hydrogens (tertiary/aromatic N) is 3. The summed E-state index contributed by atoms with van der Waals surface area (Å²) in [7, 11) is 1.38. The molecule has 10 heteroatoms. The molecular weight excluding hydrogens is 330 g/mol. The summed E-state index contributed by atoms with van der Waals surface area (Å²) in [5.41, 5.74) is 3.54. The van der Waals surface area contributed by atoms with Crippen LogP contribution in [-0.2, 0) is 16.6 Å². The molecule has 0 aliphatic carbocycles. The number of hydrogen-bond acceptors (Lipinski definition) is 8. The average Bonchev–Trinajstić information content (AvgIpc) is 2.49. The molecule has 0 unspecified atom stereocenters. The average molecular weight is 349 g/mol. The molecule has 0 spiro atoms. The lowest BCUT2D eigenvalue weighted by Gasteiger charge is -2.19. The Morgan fingerprint density at radius 2 is 2.04 bits per heavy atom. The molecule has 0 aliphatic rings. The Bertz CT molecular complexity index is 913. The van der Waals surface area contributed by atoms with Gasteiger partial charge in [0.1, 0.15) is 23.5 Å². The van der Waals surface area contributed by atoms with E-state index in [0.29, 0.717) is 0 Å². The van der Waals surface area contributed by atoms with Crippen molar-refractivity contribution in [2.24, 2.45) is 7.05 Å². The van der Waals surface area contributed by atoms with Crippen molar-refractivity contribution < 1.29 is 19.4 Å². The Kier molecular flexibility index (Phi) is 4.64. The van der Waals surface area contributed by atoms with Crippen molar-refractivity contribution in [2.75, 3.05) is 12.3 Å². The van der Waals surface area contributed by atoms with Crippen LogP contribution in [0.4, 0.5) is 5.95 Å². The highest BCUT2D eigenvalue weighted by molar-refractivity contribution is 6.02. The number of aryl methyl sites for hydroxylation is 1. The van der Waals surface area contributed by atoms with Crippen LogP contribution < -0.4 is 16.6 Å². The van der Waals surface area contributed by atoms with Crippen LogP contribution in [0.2, 0.25) is 0 Å². The molecule has 0 fully saturated rings. The minimum atomic E-state index is -0.914. The van der Waals surface area contributed by atoms with Gasteiger partial charge in [-0.15, -0.1) is 0 Å². The summed E-state index contributed by atoms with van der Waals surface area (Å²) >= 11 is 0. The number of anilines is 1. The number of nitrogens with two attached hydrogens (primary N) is 1. The van der Waals surface area contributed by atoms with E-state index in [0.717, 1.165) is 4.57 Å². The van der Waals surface area contributed by atoms with E-state index in [4.69, 9.17) is 10.5 Å². The Balaban J connectivity index is 2.35. The molecule has 10 nitrogen and oxygen atoms in total. The first kappa shape index (κ1) is 18.2. The normalized spacial score (nSPS) is 11.4. The number of aromatic nitrogens is 3. The topological polar surface area (TPSA) is 149 Å². The van der Waals surface area contributed by atoms with Crippen molar-refractivity contribution in [3.05, 3.63) is 22.1 Å². The first-order valence-electron chi connectivity index (χ1n) is 7.35. The predicted octanol–water partition coefficient (Wildman–Crippen LogP) is -0.312. The third kappa shape index (κ3) is 3.84. The van der Waals surface area contributed by atoms with Crippen molar-refractivity contribution in [3.8, 4) is 5.75 Å². The first-order chi connectivity index (χ1) is 11.5. The van der Waals surface area contributed by atoms with Crippen LogP contribution in [0, 0.1) is 0 Å². The van der Waals surface area contributed by atoms with Crippen LogP contribution in [0.15, 0.2) is 11.0 Å². The Labute approximate surface area is 142 Å². The molecule has 0 aliphatic heterocycles. The molecule has 0 radical (unpaired) electrons. The van der Waals surface area contributed by atoms with Crippen molar-refractivity contribution in [1.29, 1.82) is 0 Å². The quantitative estimate of drug-likeness (QED) is 0.639. The van der Waals surface area contributed by atoms with Gasteiger partial charge in [0.05, 0.1) is 5.39 Å². The van der Waals surface area contributed by atoms with Gasteiger partial charge in [-0.25, -0.2) is 4.98 Å². The SMILES string of the molecule is Cn1c(=O)c(C(=O)NCC(=O)OC(C)(C)C)c(O)c2cnc(N)nc21. The number of rotatable bonds is 3. The molecule has 0 saturated carbocycles. The first-order valence-corrected chi connectivity index (χ1v) is 7.35. The number of carbonyl (C=O) groups excluding carboxylic acids is 2. The number of ether oxygens (including phenoxy) is 1. The summed E-state index contributed by atoms with van der Waals surface area (Å²) in [6.07, 6.45) is 1.21. The standard InChI is InChI=1S/C15H19N5O5/c1-15(2,3)25-8(21)6-17-12(23)9-10(22)7-5-18-14(16)19-11(7)20(4)13(9)24/h5,22H,6H2,1-4H3,(H,17,23)(H2,16,18,19). The molecule has 0 aromatic carbocycles. The van der Waals surface area contributed by atoms with Gasteiger partial charge < -0.3 is 20.9 Å². The lowest BCUT2D eigenvalue weighted by Crippen LogP contribution is -2.37. The smallest absolute Gasteiger partial charge is 0.325 e. The van der Waals surface area contributed by atoms with E-state index in [9.17, 15) is 19.5 Å². The second kappa shape index (κ2) is 6.38. The van der Waals surface area contributed by atoms with Gasteiger partial charge in [-0.3, -0.25) is 19.0 Å². The third-order valence-corrected chi connectivity index (χ3v) is 3.16. The fourth-order valence-corrected chi connectivity index (χ4v) is 2.13. The highest BCUT2D eigenvalue weighted by atomic mass is 16.6. The van der Waals surface area contributed by atoms with E-state index in [1.165, 1.54) is 13.2 Å². The highest BCUT2D eigenvalue weighted by Crippen LogP contribution is 2.24. The molecule has 0 saturated heterocycles. The van der Waals surface area contributed by atoms with E-state index in [1.807, 2.05) is 0 Å². The van der Waals surface area contributed by atoms with Gasteiger partial charge in [0.2, 0.25) is 5.95 Å². The van der Waals surface area contributed by atoms with E-state index < -0.39 is 40.9 Å². The van der Waals surface area contributed by atoms with E-state index in [2.05, 4.69) is 15.3 Å². The van der Waals surface area contributed by atoms with Gasteiger partial charge >= 0.3 is 5.97 Å². The largest absolute Gasteiger partial charge is 0.506 e. The zero-order valence-corrected chi connectivity index (χ0v) is 14.3. The number of hydrogen-bond donors (Lipinski definition) is 3. The number of carbonyl (C=O) groups is 2. The number of nitrogens with one attached hydrogen (secondary N) is 1. The number of pyridine rings is 1. The fraction of sp³-hybridized carbons (Fsp3) is 0.400. The molecule has 2 aromatic heterocycles. The van der Waals surface area contributed by atoms with Crippen molar-refractivity contribution in [2.45, 2.75) is 26.4 Å². The number of nitrogen functional groups attached to an aromatic ring is 1. The fourth-order valence-electron chi connectivity index (χ4n) is 2.13. The lowest BCUT2D eigenvalue weighted by atomic mass is 10.1. The van der Waals surface area contributed by atoms with Crippen molar-refractivity contribution in [1.82, 2.24) is 19.9 Å². The van der Waals surface area contributed by atoms with Crippen molar-refractivity contribution >= 4 is 28.9 Å². The molecular formula is C15H19N5O5. The minimum Gasteiger partial charge on any atom is -0.506 e. The summed E-state index contributed by atoms with van der Waals surface area (Å²) < 4.78 is 6.12. The van der Waals surface area contributed by atoms with Crippen molar-refractivity contribution in [3.63, 3.8) is 0 Å². The zero-order chi connectivity index (χ0) is 18.9. The Morgan fingerprint density at radius 3 is 2.64 bits per heavy atom. The summed E-state index contributed by atoms with van der Waals surface area (Å²) in [5.74, 6) is -2.25. The second-order valence-corrected chi connectivity index (χ2v) is 6.32. The predicted molar refractivity (Wildman–Crippen MR) is 89.0 cm³/mol. The number of fused-ring (bicyclic) bond motifs is 1. The maximum atomic E-state index is 12.4. The molecule has 134 valence electrons. The van der Waals surface area contributed by atoms with Crippen LogP contribution in [0.5, 0.6) is 5.75 Å². The number of amides is 1. The molecule has 2 rings (SSSR count). The summed E-state index contributed by atoms with van der Waals surface area (Å²) in [5, 5.41) is 12.6. The van der Waals surface area contributed by atoms with Crippen LogP contribution >= 0.6 is 0 Å². The summed E-state index contributed by atoms with van der Waals surface area (Å²) in [6, 6.07) is 0. The maximum Gasteiger partial charge on any atom is 0.325 e. The molecule has 2 aromatic rings. The number of esters is 1.